The molecule has 3 heterocycles. The third-order valence-corrected chi connectivity index (χ3v) is 2.81. The predicted molar refractivity (Wildman–Crippen MR) is 63.6 cm³/mol. The van der Waals surface area contributed by atoms with Crippen LogP contribution in [-0.4, -0.2) is 39.4 Å². The topological polar surface area (TPSA) is 77.4 Å². The second-order valence-corrected chi connectivity index (χ2v) is 4.24. The Labute approximate surface area is 104 Å². The lowest BCUT2D eigenvalue weighted by atomic mass is 10.3. The first-order valence-electron chi connectivity index (χ1n) is 5.80. The van der Waals surface area contributed by atoms with E-state index in [1.807, 2.05) is 0 Å². The molecule has 1 aliphatic rings. The molecule has 2 aromatic heterocycles. The standard InChI is InChI=1S/C12H13N3O3/c1-7-14-11-10(12(16)15-7)4-9(5-13-11)18-8-2-3-17-6-8/h4-5,8H,2-3,6H2,1H3,(H,13,14,15,16)/t8-/m0/s1. The first kappa shape index (κ1) is 11.2. The smallest absolute Gasteiger partial charge is 0.224 e. The molecule has 0 radical (unpaired) electrons. The SMILES string of the molecule is Cc1nc(O)c2cc(O[C@H]3CCOC3)cnc2n1. The molecular weight excluding hydrogens is 234 g/mol. The van der Waals surface area contributed by atoms with Crippen LogP contribution in [0.4, 0.5) is 0 Å². The lowest BCUT2D eigenvalue weighted by Gasteiger charge is -2.11. The molecule has 1 N–H and O–H groups in total. The van der Waals surface area contributed by atoms with Gasteiger partial charge in [-0.2, -0.15) is 4.98 Å². The van der Waals surface area contributed by atoms with Crippen LogP contribution in [0.25, 0.3) is 11.0 Å². The maximum Gasteiger partial charge on any atom is 0.224 e. The summed E-state index contributed by atoms with van der Waals surface area (Å²) in [4.78, 5) is 12.2. The highest BCUT2D eigenvalue weighted by Crippen LogP contribution is 2.25. The molecule has 0 bridgehead atoms. The van der Waals surface area contributed by atoms with Gasteiger partial charge in [0.2, 0.25) is 5.88 Å². The highest BCUT2D eigenvalue weighted by Gasteiger charge is 2.18. The van der Waals surface area contributed by atoms with Crippen LogP contribution in [0.2, 0.25) is 0 Å². The van der Waals surface area contributed by atoms with Crippen LogP contribution in [0, 0.1) is 6.92 Å². The molecule has 94 valence electrons. The Kier molecular flexibility index (Phi) is 2.71. The van der Waals surface area contributed by atoms with Crippen molar-refractivity contribution in [2.45, 2.75) is 19.4 Å². The Balaban J connectivity index is 1.94. The third kappa shape index (κ3) is 2.06. The maximum atomic E-state index is 9.77. The first-order chi connectivity index (χ1) is 8.72. The molecule has 0 aliphatic carbocycles. The van der Waals surface area contributed by atoms with E-state index in [0.717, 1.165) is 13.0 Å². The fourth-order valence-corrected chi connectivity index (χ4v) is 1.95. The monoisotopic (exact) mass is 247 g/mol. The molecule has 6 nitrogen and oxygen atoms in total. The number of pyridine rings is 1. The third-order valence-electron chi connectivity index (χ3n) is 2.81. The van der Waals surface area contributed by atoms with E-state index >= 15 is 0 Å². The molecule has 3 rings (SSSR count). The Morgan fingerprint density at radius 2 is 2.33 bits per heavy atom. The van der Waals surface area contributed by atoms with Gasteiger partial charge in [-0.25, -0.2) is 9.97 Å². The molecule has 0 saturated carbocycles. The van der Waals surface area contributed by atoms with Crippen LogP contribution in [0.1, 0.15) is 12.2 Å². The summed E-state index contributed by atoms with van der Waals surface area (Å²) in [6, 6.07) is 1.70. The summed E-state index contributed by atoms with van der Waals surface area (Å²) in [7, 11) is 0. The van der Waals surface area contributed by atoms with Crippen molar-refractivity contribution < 1.29 is 14.6 Å². The molecule has 1 saturated heterocycles. The fourth-order valence-electron chi connectivity index (χ4n) is 1.95. The largest absolute Gasteiger partial charge is 0.493 e. The fraction of sp³-hybridized carbons (Fsp3) is 0.417. The summed E-state index contributed by atoms with van der Waals surface area (Å²) in [6.45, 7) is 3.02. The van der Waals surface area contributed by atoms with Crippen molar-refractivity contribution in [1.29, 1.82) is 0 Å². The van der Waals surface area contributed by atoms with Crippen LogP contribution in [-0.2, 0) is 4.74 Å². The minimum atomic E-state index is -0.0712. The number of nitrogens with zero attached hydrogens (tertiary/aromatic N) is 3. The average molecular weight is 247 g/mol. The average Bonchev–Trinajstić information content (AvgIpc) is 2.83. The van der Waals surface area contributed by atoms with Gasteiger partial charge >= 0.3 is 0 Å². The normalized spacial score (nSPS) is 19.3. The van der Waals surface area contributed by atoms with Gasteiger partial charge in [-0.3, -0.25) is 0 Å². The molecule has 0 aromatic carbocycles. The minimum absolute atomic E-state index is 0.0535. The predicted octanol–water partition coefficient (Wildman–Crippen LogP) is 1.21. The van der Waals surface area contributed by atoms with Gasteiger partial charge in [0, 0.05) is 6.42 Å². The number of aromatic hydroxyl groups is 1. The van der Waals surface area contributed by atoms with Crippen LogP contribution in [0.3, 0.4) is 0 Å². The lowest BCUT2D eigenvalue weighted by molar-refractivity contribution is 0.141. The van der Waals surface area contributed by atoms with E-state index in [1.165, 1.54) is 0 Å². The summed E-state index contributed by atoms with van der Waals surface area (Å²) < 4.78 is 11.0. The van der Waals surface area contributed by atoms with Gasteiger partial charge in [0.15, 0.2) is 5.65 Å². The highest BCUT2D eigenvalue weighted by atomic mass is 16.5. The van der Waals surface area contributed by atoms with Gasteiger partial charge in [-0.1, -0.05) is 0 Å². The summed E-state index contributed by atoms with van der Waals surface area (Å²) in [6.07, 6.45) is 2.53. The second-order valence-electron chi connectivity index (χ2n) is 4.24. The number of rotatable bonds is 2. The number of aromatic nitrogens is 3. The molecule has 1 aliphatic heterocycles. The summed E-state index contributed by atoms with van der Waals surface area (Å²) in [5, 5.41) is 10.3. The maximum absolute atomic E-state index is 9.77. The quantitative estimate of drug-likeness (QED) is 0.859. The lowest BCUT2D eigenvalue weighted by Crippen LogP contribution is -2.15. The minimum Gasteiger partial charge on any atom is -0.493 e. The Bertz CT molecular complexity index is 582. The molecule has 1 atom stereocenters. The van der Waals surface area contributed by atoms with E-state index in [1.54, 1.807) is 19.2 Å². The zero-order chi connectivity index (χ0) is 12.5. The van der Waals surface area contributed by atoms with E-state index in [-0.39, 0.29) is 12.0 Å². The van der Waals surface area contributed by atoms with Gasteiger partial charge < -0.3 is 14.6 Å². The first-order valence-corrected chi connectivity index (χ1v) is 5.80. The van der Waals surface area contributed by atoms with Gasteiger partial charge in [0.05, 0.1) is 24.8 Å². The number of aryl methyl sites for hydroxylation is 1. The Hall–Kier alpha value is -1.95. The second kappa shape index (κ2) is 4.38. The van der Waals surface area contributed by atoms with Crippen molar-refractivity contribution in [1.82, 2.24) is 15.0 Å². The van der Waals surface area contributed by atoms with E-state index < -0.39 is 0 Å². The van der Waals surface area contributed by atoms with Gasteiger partial charge in [-0.15, -0.1) is 0 Å². The van der Waals surface area contributed by atoms with Crippen LogP contribution in [0.5, 0.6) is 11.6 Å². The number of fused-ring (bicyclic) bond motifs is 1. The molecule has 0 unspecified atom stereocenters. The van der Waals surface area contributed by atoms with Crippen molar-refractivity contribution in [2.24, 2.45) is 0 Å². The van der Waals surface area contributed by atoms with Crippen molar-refractivity contribution in [3.05, 3.63) is 18.1 Å². The van der Waals surface area contributed by atoms with Gasteiger partial charge in [0.25, 0.3) is 0 Å². The van der Waals surface area contributed by atoms with Crippen LogP contribution < -0.4 is 4.74 Å². The number of ether oxygens (including phenoxy) is 2. The Morgan fingerprint density at radius 1 is 1.44 bits per heavy atom. The van der Waals surface area contributed by atoms with Crippen LogP contribution in [0.15, 0.2) is 12.3 Å². The number of hydrogen-bond donors (Lipinski definition) is 1. The van der Waals surface area contributed by atoms with E-state index in [0.29, 0.717) is 29.2 Å². The van der Waals surface area contributed by atoms with E-state index in [9.17, 15) is 5.11 Å². The van der Waals surface area contributed by atoms with Crippen molar-refractivity contribution >= 4 is 11.0 Å². The molecule has 1 fully saturated rings. The molecule has 0 spiro atoms. The number of hydrogen-bond acceptors (Lipinski definition) is 6. The van der Waals surface area contributed by atoms with Crippen LogP contribution >= 0.6 is 0 Å². The van der Waals surface area contributed by atoms with Crippen molar-refractivity contribution in [2.75, 3.05) is 13.2 Å². The highest BCUT2D eigenvalue weighted by molar-refractivity contribution is 5.80. The molecule has 0 amide bonds. The molecular formula is C12H13N3O3. The van der Waals surface area contributed by atoms with E-state index in [2.05, 4.69) is 15.0 Å². The van der Waals surface area contributed by atoms with E-state index in [4.69, 9.17) is 9.47 Å². The summed E-state index contributed by atoms with van der Waals surface area (Å²) in [5.41, 5.74) is 0.468. The zero-order valence-corrected chi connectivity index (χ0v) is 9.96. The molecule has 18 heavy (non-hydrogen) atoms. The van der Waals surface area contributed by atoms with Gasteiger partial charge in [0.1, 0.15) is 17.7 Å². The molecule has 6 heteroatoms. The summed E-state index contributed by atoms with van der Waals surface area (Å²) >= 11 is 0. The summed E-state index contributed by atoms with van der Waals surface area (Å²) in [5.74, 6) is 1.02. The zero-order valence-electron chi connectivity index (χ0n) is 9.96. The van der Waals surface area contributed by atoms with Gasteiger partial charge in [-0.05, 0) is 13.0 Å². The van der Waals surface area contributed by atoms with Crippen molar-refractivity contribution in [3.8, 4) is 11.6 Å². The Morgan fingerprint density at radius 3 is 3.11 bits per heavy atom. The van der Waals surface area contributed by atoms with Crippen molar-refractivity contribution in [3.63, 3.8) is 0 Å². The molecule has 2 aromatic rings.